The summed E-state index contributed by atoms with van der Waals surface area (Å²) in [5.41, 5.74) is 5.28. The van der Waals surface area contributed by atoms with E-state index in [1.165, 1.54) is 0 Å². The van der Waals surface area contributed by atoms with Gasteiger partial charge in [-0.25, -0.2) is 0 Å². The first kappa shape index (κ1) is 14.3. The van der Waals surface area contributed by atoms with E-state index in [4.69, 9.17) is 10.5 Å². The molecule has 0 aromatic rings. The molecule has 5 heteroatoms. The number of rotatable bonds is 4. The van der Waals surface area contributed by atoms with Crippen molar-refractivity contribution in [3.8, 4) is 0 Å². The van der Waals surface area contributed by atoms with Crippen LogP contribution in [0.5, 0.6) is 0 Å². The van der Waals surface area contributed by atoms with E-state index < -0.39 is 0 Å². The van der Waals surface area contributed by atoms with Gasteiger partial charge in [0.2, 0.25) is 11.8 Å². The van der Waals surface area contributed by atoms with Gasteiger partial charge in [-0.1, -0.05) is 0 Å². The van der Waals surface area contributed by atoms with Gasteiger partial charge in [-0.3, -0.25) is 9.59 Å². The van der Waals surface area contributed by atoms with Crippen LogP contribution in [-0.4, -0.2) is 42.0 Å². The Hall–Kier alpha value is -1.10. The molecule has 19 heavy (non-hydrogen) atoms. The second-order valence-corrected chi connectivity index (χ2v) is 5.74. The fourth-order valence-electron chi connectivity index (χ4n) is 2.95. The highest BCUT2D eigenvalue weighted by Crippen LogP contribution is 2.23. The minimum Gasteiger partial charge on any atom is -0.375 e. The minimum absolute atomic E-state index is 0.0527. The van der Waals surface area contributed by atoms with Crippen molar-refractivity contribution in [2.24, 2.45) is 11.7 Å². The Morgan fingerprint density at radius 3 is 2.42 bits per heavy atom. The van der Waals surface area contributed by atoms with Gasteiger partial charge in [0.05, 0.1) is 12.2 Å². The molecule has 2 rings (SSSR count). The molecule has 0 aromatic heterocycles. The van der Waals surface area contributed by atoms with Crippen LogP contribution in [-0.2, 0) is 14.3 Å². The lowest BCUT2D eigenvalue weighted by molar-refractivity contribution is -0.135. The van der Waals surface area contributed by atoms with Crippen LogP contribution >= 0.6 is 0 Å². The van der Waals surface area contributed by atoms with E-state index in [-0.39, 0.29) is 23.8 Å². The quantitative estimate of drug-likeness (QED) is 0.828. The normalized spacial score (nSPS) is 28.6. The maximum atomic E-state index is 12.1. The summed E-state index contributed by atoms with van der Waals surface area (Å²) in [5, 5.41) is 0. The van der Waals surface area contributed by atoms with Crippen LogP contribution in [0.1, 0.15) is 45.4 Å². The molecule has 0 aromatic carbocycles. The molecule has 2 atom stereocenters. The lowest BCUT2D eigenvalue weighted by Crippen LogP contribution is -2.41. The topological polar surface area (TPSA) is 72.6 Å². The first-order chi connectivity index (χ1) is 9.06. The predicted octanol–water partition coefficient (Wildman–Crippen LogP) is 1.06. The van der Waals surface area contributed by atoms with Crippen LogP contribution in [0.15, 0.2) is 0 Å². The Morgan fingerprint density at radius 1 is 1.21 bits per heavy atom. The summed E-state index contributed by atoms with van der Waals surface area (Å²) in [4.78, 5) is 25.0. The molecule has 0 radical (unpaired) electrons. The van der Waals surface area contributed by atoms with Crippen molar-refractivity contribution in [1.29, 1.82) is 0 Å². The molecule has 2 saturated heterocycles. The third kappa shape index (κ3) is 3.93. The third-order valence-corrected chi connectivity index (χ3v) is 4.25. The molecule has 2 amide bonds. The first-order valence-corrected chi connectivity index (χ1v) is 7.29. The van der Waals surface area contributed by atoms with Crippen molar-refractivity contribution in [2.45, 2.75) is 57.7 Å². The minimum atomic E-state index is -0.236. The Labute approximate surface area is 114 Å². The van der Waals surface area contributed by atoms with Crippen molar-refractivity contribution in [2.75, 3.05) is 13.1 Å². The SMILES string of the molecule is CC1CCC(CCC(=O)N2CCC(C(N)=O)CC2)O1. The fraction of sp³-hybridized carbons (Fsp3) is 0.857. The van der Waals surface area contributed by atoms with E-state index in [2.05, 4.69) is 6.92 Å². The Balaban J connectivity index is 1.68. The summed E-state index contributed by atoms with van der Waals surface area (Å²) < 4.78 is 5.72. The van der Waals surface area contributed by atoms with Crippen LogP contribution in [0.25, 0.3) is 0 Å². The molecule has 0 spiro atoms. The molecule has 108 valence electrons. The number of ether oxygens (including phenoxy) is 1. The Kier molecular flexibility index (Phi) is 4.80. The number of amides is 2. The molecule has 0 saturated carbocycles. The standard InChI is InChI=1S/C14H24N2O3/c1-10-2-3-12(19-10)4-5-13(17)16-8-6-11(7-9-16)14(15)18/h10-12H,2-9H2,1H3,(H2,15,18). The van der Waals surface area contributed by atoms with E-state index in [0.717, 1.165) is 19.3 Å². The van der Waals surface area contributed by atoms with E-state index in [1.807, 2.05) is 4.90 Å². The van der Waals surface area contributed by atoms with Gasteiger partial charge in [-0.15, -0.1) is 0 Å². The second-order valence-electron chi connectivity index (χ2n) is 5.74. The molecule has 2 N–H and O–H groups in total. The van der Waals surface area contributed by atoms with Gasteiger partial charge in [0, 0.05) is 25.4 Å². The van der Waals surface area contributed by atoms with E-state index in [0.29, 0.717) is 38.5 Å². The average molecular weight is 268 g/mol. The van der Waals surface area contributed by atoms with Gasteiger partial charge in [-0.05, 0) is 39.0 Å². The number of primary amides is 1. The third-order valence-electron chi connectivity index (χ3n) is 4.25. The molecule has 0 aliphatic carbocycles. The highest BCUT2D eigenvalue weighted by molar-refractivity contribution is 5.78. The summed E-state index contributed by atoms with van der Waals surface area (Å²) in [7, 11) is 0. The Bertz CT molecular complexity index is 338. The lowest BCUT2D eigenvalue weighted by Gasteiger charge is -2.30. The van der Waals surface area contributed by atoms with Gasteiger partial charge in [0.1, 0.15) is 0 Å². The smallest absolute Gasteiger partial charge is 0.222 e. The van der Waals surface area contributed by atoms with Gasteiger partial charge in [0.25, 0.3) is 0 Å². The van der Waals surface area contributed by atoms with Crippen molar-refractivity contribution in [1.82, 2.24) is 4.90 Å². The van der Waals surface area contributed by atoms with Crippen LogP contribution in [0.4, 0.5) is 0 Å². The summed E-state index contributed by atoms with van der Waals surface area (Å²) in [6.45, 7) is 3.40. The van der Waals surface area contributed by atoms with Crippen LogP contribution < -0.4 is 5.73 Å². The van der Waals surface area contributed by atoms with Gasteiger partial charge < -0.3 is 15.4 Å². The summed E-state index contributed by atoms with van der Waals surface area (Å²) >= 11 is 0. The van der Waals surface area contributed by atoms with Crippen molar-refractivity contribution < 1.29 is 14.3 Å². The molecule has 2 aliphatic rings. The number of hydrogen-bond donors (Lipinski definition) is 1. The molecule has 2 unspecified atom stereocenters. The largest absolute Gasteiger partial charge is 0.375 e. The van der Waals surface area contributed by atoms with Crippen molar-refractivity contribution in [3.63, 3.8) is 0 Å². The highest BCUT2D eigenvalue weighted by atomic mass is 16.5. The van der Waals surface area contributed by atoms with Gasteiger partial charge in [0.15, 0.2) is 0 Å². The second kappa shape index (κ2) is 6.37. The van der Waals surface area contributed by atoms with E-state index >= 15 is 0 Å². The van der Waals surface area contributed by atoms with Crippen molar-refractivity contribution in [3.05, 3.63) is 0 Å². The lowest BCUT2D eigenvalue weighted by atomic mass is 9.96. The number of likely N-dealkylation sites (tertiary alicyclic amines) is 1. The average Bonchev–Trinajstić information content (AvgIpc) is 2.82. The number of nitrogens with two attached hydrogens (primary N) is 1. The zero-order chi connectivity index (χ0) is 13.8. The Morgan fingerprint density at radius 2 is 1.89 bits per heavy atom. The molecule has 2 fully saturated rings. The number of carbonyl (C=O) groups is 2. The van der Waals surface area contributed by atoms with Crippen LogP contribution in [0.2, 0.25) is 0 Å². The van der Waals surface area contributed by atoms with Crippen molar-refractivity contribution >= 4 is 11.8 Å². The van der Waals surface area contributed by atoms with Gasteiger partial charge >= 0.3 is 0 Å². The highest BCUT2D eigenvalue weighted by Gasteiger charge is 2.27. The fourth-order valence-corrected chi connectivity index (χ4v) is 2.95. The van der Waals surface area contributed by atoms with Crippen LogP contribution in [0.3, 0.4) is 0 Å². The zero-order valence-corrected chi connectivity index (χ0v) is 11.6. The van der Waals surface area contributed by atoms with E-state index in [1.54, 1.807) is 0 Å². The molecule has 2 aliphatic heterocycles. The summed E-state index contributed by atoms with van der Waals surface area (Å²) in [6.07, 6.45) is 5.54. The summed E-state index contributed by atoms with van der Waals surface area (Å²) in [5.74, 6) is -0.102. The number of hydrogen-bond acceptors (Lipinski definition) is 3. The molecular weight excluding hydrogens is 244 g/mol. The van der Waals surface area contributed by atoms with Crippen LogP contribution in [0, 0.1) is 5.92 Å². The van der Waals surface area contributed by atoms with Gasteiger partial charge in [-0.2, -0.15) is 0 Å². The molecule has 2 heterocycles. The molecule has 0 bridgehead atoms. The molecule has 5 nitrogen and oxygen atoms in total. The zero-order valence-electron chi connectivity index (χ0n) is 11.6. The number of piperidine rings is 1. The van der Waals surface area contributed by atoms with E-state index in [9.17, 15) is 9.59 Å². The summed E-state index contributed by atoms with van der Waals surface area (Å²) in [6, 6.07) is 0. The number of nitrogens with zero attached hydrogens (tertiary/aromatic N) is 1. The maximum Gasteiger partial charge on any atom is 0.222 e. The first-order valence-electron chi connectivity index (χ1n) is 7.29. The molecular formula is C14H24N2O3. The monoisotopic (exact) mass is 268 g/mol. The predicted molar refractivity (Wildman–Crippen MR) is 71.3 cm³/mol. The number of carbonyl (C=O) groups excluding carboxylic acids is 2. The maximum absolute atomic E-state index is 12.1.